The van der Waals surface area contributed by atoms with Gasteiger partial charge in [-0.15, -0.1) is 0 Å². The van der Waals surface area contributed by atoms with Crippen LogP contribution in [0.15, 0.2) is 18.2 Å². The van der Waals surface area contributed by atoms with Crippen molar-refractivity contribution in [1.29, 1.82) is 0 Å². The third-order valence-electron chi connectivity index (χ3n) is 3.58. The minimum atomic E-state index is -0.965. The number of hydrogen-bond donors (Lipinski definition) is 3. The molecule has 2 atom stereocenters. The molecule has 1 saturated heterocycles. The summed E-state index contributed by atoms with van der Waals surface area (Å²) in [7, 11) is 0. The summed E-state index contributed by atoms with van der Waals surface area (Å²) in [6, 6.07) is 4.76. The summed E-state index contributed by atoms with van der Waals surface area (Å²) in [6.45, 7) is 4.68. The molecule has 5 heteroatoms. The number of carbonyl (C=O) groups is 1. The Morgan fingerprint density at radius 2 is 2.33 bits per heavy atom. The topological polar surface area (TPSA) is 84.6 Å². The van der Waals surface area contributed by atoms with Crippen LogP contribution in [0.3, 0.4) is 0 Å². The molecule has 0 saturated carbocycles. The summed E-state index contributed by atoms with van der Waals surface area (Å²) in [6.07, 6.45) is 0.864. The zero-order valence-corrected chi connectivity index (χ0v) is 10.6. The maximum absolute atomic E-state index is 11.2. The first-order chi connectivity index (χ1) is 8.42. The van der Waals surface area contributed by atoms with E-state index in [1.165, 1.54) is 6.07 Å². The van der Waals surface area contributed by atoms with Gasteiger partial charge in [-0.3, -0.25) is 0 Å². The molecule has 1 fully saturated rings. The molecule has 2 rings (SSSR count). The molecule has 1 heterocycles. The van der Waals surface area contributed by atoms with E-state index in [-0.39, 0.29) is 17.2 Å². The molecule has 2 unspecified atom stereocenters. The second-order valence-electron chi connectivity index (χ2n) is 4.92. The number of benzene rings is 1. The normalized spacial score (nSPS) is 27.1. The molecule has 1 aromatic carbocycles. The van der Waals surface area contributed by atoms with Gasteiger partial charge in [0.2, 0.25) is 0 Å². The second kappa shape index (κ2) is 4.49. The van der Waals surface area contributed by atoms with Gasteiger partial charge in [-0.2, -0.15) is 0 Å². The minimum absolute atomic E-state index is 0.0283. The van der Waals surface area contributed by atoms with Gasteiger partial charge in [0, 0.05) is 12.3 Å². The first-order valence-electron chi connectivity index (χ1n) is 5.95. The molecule has 0 spiro atoms. The number of rotatable bonds is 3. The van der Waals surface area contributed by atoms with Crippen LogP contribution in [0.5, 0.6) is 0 Å². The Morgan fingerprint density at radius 1 is 1.61 bits per heavy atom. The van der Waals surface area contributed by atoms with Crippen molar-refractivity contribution in [2.24, 2.45) is 0 Å². The Bertz CT molecular complexity index is 475. The average Bonchev–Trinajstić information content (AvgIpc) is 2.58. The van der Waals surface area contributed by atoms with Crippen LogP contribution >= 0.6 is 0 Å². The van der Waals surface area contributed by atoms with Crippen molar-refractivity contribution in [2.45, 2.75) is 31.9 Å². The van der Waals surface area contributed by atoms with Gasteiger partial charge in [-0.05, 0) is 38.5 Å². The lowest BCUT2D eigenvalue weighted by Gasteiger charge is -2.30. The van der Waals surface area contributed by atoms with E-state index >= 15 is 0 Å². The highest BCUT2D eigenvalue weighted by atomic mass is 16.5. The van der Waals surface area contributed by atoms with Gasteiger partial charge in [0.1, 0.15) is 0 Å². The van der Waals surface area contributed by atoms with Gasteiger partial charge in [0.15, 0.2) is 0 Å². The molecule has 5 nitrogen and oxygen atoms in total. The number of anilines is 2. The van der Waals surface area contributed by atoms with E-state index in [4.69, 9.17) is 15.6 Å². The van der Waals surface area contributed by atoms with Crippen molar-refractivity contribution in [3.05, 3.63) is 23.8 Å². The summed E-state index contributed by atoms with van der Waals surface area (Å²) in [5.74, 6) is -0.965. The molecule has 1 aliphatic rings. The molecule has 0 aliphatic carbocycles. The lowest BCUT2D eigenvalue weighted by Crippen LogP contribution is -2.41. The number of aromatic carboxylic acids is 1. The lowest BCUT2D eigenvalue weighted by atomic mass is 9.93. The maximum Gasteiger partial charge on any atom is 0.337 e. The fourth-order valence-corrected chi connectivity index (χ4v) is 2.16. The number of ether oxygens (including phenoxy) is 1. The fraction of sp³-hybridized carbons (Fsp3) is 0.462. The number of nitrogens with one attached hydrogen (secondary N) is 1. The maximum atomic E-state index is 11.2. The van der Waals surface area contributed by atoms with E-state index in [9.17, 15) is 4.79 Å². The van der Waals surface area contributed by atoms with Crippen molar-refractivity contribution < 1.29 is 14.6 Å². The van der Waals surface area contributed by atoms with Gasteiger partial charge in [0.05, 0.1) is 22.9 Å². The molecule has 98 valence electrons. The van der Waals surface area contributed by atoms with Crippen LogP contribution in [0.25, 0.3) is 0 Å². The molecule has 4 N–H and O–H groups in total. The van der Waals surface area contributed by atoms with Gasteiger partial charge >= 0.3 is 5.97 Å². The first-order valence-corrected chi connectivity index (χ1v) is 5.95. The average molecular weight is 250 g/mol. The minimum Gasteiger partial charge on any atom is -0.478 e. The number of nitrogens with two attached hydrogens (primary N) is 1. The Kier molecular flexibility index (Phi) is 3.17. The largest absolute Gasteiger partial charge is 0.478 e. The highest BCUT2D eigenvalue weighted by Gasteiger charge is 2.37. The molecule has 0 amide bonds. The molecular formula is C13H18N2O3. The van der Waals surface area contributed by atoms with Crippen LogP contribution in [0, 0.1) is 0 Å². The summed E-state index contributed by atoms with van der Waals surface area (Å²) >= 11 is 0. The molecule has 1 aromatic rings. The summed E-state index contributed by atoms with van der Waals surface area (Å²) in [4.78, 5) is 11.2. The molecule has 18 heavy (non-hydrogen) atoms. The van der Waals surface area contributed by atoms with Gasteiger partial charge in [-0.25, -0.2) is 4.79 Å². The molecule has 0 bridgehead atoms. The summed E-state index contributed by atoms with van der Waals surface area (Å²) < 4.78 is 5.53. The number of nitrogen functional groups attached to an aromatic ring is 1. The zero-order chi connectivity index (χ0) is 13.3. The number of carboxylic acid groups (broad SMARTS) is 1. The first kappa shape index (κ1) is 12.7. The standard InChI is InChI=1S/C13H18N2O3/c1-8-13(2,5-6-18-8)15-11-7-9(14)3-4-10(11)12(16)17/h3-4,7-8,15H,5-6,14H2,1-2H3,(H,16,17). The fourth-order valence-electron chi connectivity index (χ4n) is 2.16. The van der Waals surface area contributed by atoms with Crippen molar-refractivity contribution >= 4 is 17.3 Å². The highest BCUT2D eigenvalue weighted by molar-refractivity contribution is 5.95. The Morgan fingerprint density at radius 3 is 2.89 bits per heavy atom. The van der Waals surface area contributed by atoms with Gasteiger partial charge in [0.25, 0.3) is 0 Å². The van der Waals surface area contributed by atoms with E-state index in [2.05, 4.69) is 5.32 Å². The lowest BCUT2D eigenvalue weighted by molar-refractivity contribution is 0.0697. The van der Waals surface area contributed by atoms with Crippen LogP contribution in [0.1, 0.15) is 30.6 Å². The molecule has 1 aliphatic heterocycles. The van der Waals surface area contributed by atoms with Gasteiger partial charge in [-0.1, -0.05) is 0 Å². The number of hydrogen-bond acceptors (Lipinski definition) is 4. The van der Waals surface area contributed by atoms with Crippen LogP contribution in [-0.2, 0) is 4.74 Å². The molecule has 0 aromatic heterocycles. The molecule has 0 radical (unpaired) electrons. The van der Waals surface area contributed by atoms with Crippen LogP contribution in [0.4, 0.5) is 11.4 Å². The number of carboxylic acids is 1. The van der Waals surface area contributed by atoms with E-state index < -0.39 is 5.97 Å². The summed E-state index contributed by atoms with van der Waals surface area (Å²) in [5.41, 5.74) is 6.76. The van der Waals surface area contributed by atoms with Crippen LogP contribution in [-0.4, -0.2) is 29.3 Å². The zero-order valence-electron chi connectivity index (χ0n) is 10.6. The van der Waals surface area contributed by atoms with Crippen molar-refractivity contribution in [3.8, 4) is 0 Å². The second-order valence-corrected chi connectivity index (χ2v) is 4.92. The van der Waals surface area contributed by atoms with Crippen LogP contribution < -0.4 is 11.1 Å². The SMILES string of the molecule is CC1OCCC1(C)Nc1cc(N)ccc1C(=O)O. The quantitative estimate of drug-likeness (QED) is 0.714. The third kappa shape index (κ3) is 2.26. The van der Waals surface area contributed by atoms with Crippen molar-refractivity contribution in [3.63, 3.8) is 0 Å². The van der Waals surface area contributed by atoms with E-state index in [1.807, 2.05) is 13.8 Å². The predicted molar refractivity (Wildman–Crippen MR) is 69.9 cm³/mol. The highest BCUT2D eigenvalue weighted by Crippen LogP contribution is 2.31. The van der Waals surface area contributed by atoms with Gasteiger partial charge < -0.3 is 20.9 Å². The van der Waals surface area contributed by atoms with E-state index in [0.29, 0.717) is 18.0 Å². The smallest absolute Gasteiger partial charge is 0.337 e. The molecular weight excluding hydrogens is 232 g/mol. The monoisotopic (exact) mass is 250 g/mol. The van der Waals surface area contributed by atoms with Crippen molar-refractivity contribution in [1.82, 2.24) is 0 Å². The summed E-state index contributed by atoms with van der Waals surface area (Å²) in [5, 5.41) is 12.4. The Balaban J connectivity index is 2.33. The Hall–Kier alpha value is -1.75. The van der Waals surface area contributed by atoms with Crippen molar-refractivity contribution in [2.75, 3.05) is 17.7 Å². The Labute approximate surface area is 106 Å². The van der Waals surface area contributed by atoms with E-state index in [1.54, 1.807) is 12.1 Å². The van der Waals surface area contributed by atoms with E-state index in [0.717, 1.165) is 6.42 Å². The third-order valence-corrected chi connectivity index (χ3v) is 3.58. The predicted octanol–water partition coefficient (Wildman–Crippen LogP) is 1.95. The van der Waals surface area contributed by atoms with Crippen LogP contribution in [0.2, 0.25) is 0 Å².